The Morgan fingerprint density at radius 2 is 2.23 bits per heavy atom. The summed E-state index contributed by atoms with van der Waals surface area (Å²) in [5.41, 5.74) is 0.711. The molecule has 2 unspecified atom stereocenters. The first-order chi connectivity index (χ1) is 6.09. The Bertz CT molecular complexity index is 191. The van der Waals surface area contributed by atoms with E-state index < -0.39 is 5.60 Å². The van der Waals surface area contributed by atoms with Gasteiger partial charge in [-0.25, -0.2) is 0 Å². The van der Waals surface area contributed by atoms with Gasteiger partial charge in [0.05, 0.1) is 5.60 Å². The van der Waals surface area contributed by atoms with E-state index in [0.29, 0.717) is 5.92 Å². The second-order valence-corrected chi connectivity index (χ2v) is 4.43. The molecule has 0 fully saturated rings. The fourth-order valence-electron chi connectivity index (χ4n) is 2.01. The van der Waals surface area contributed by atoms with Crippen LogP contribution in [0.2, 0.25) is 0 Å². The second kappa shape index (κ2) is 4.28. The first-order valence-corrected chi connectivity index (χ1v) is 5.51. The predicted molar refractivity (Wildman–Crippen MR) is 56.6 cm³/mol. The number of allylic oxidation sites excluding steroid dienone is 1. The molecule has 1 heteroatoms. The van der Waals surface area contributed by atoms with Crippen LogP contribution in [0.5, 0.6) is 0 Å². The maximum atomic E-state index is 10.3. The van der Waals surface area contributed by atoms with Gasteiger partial charge in [-0.1, -0.05) is 26.3 Å². The van der Waals surface area contributed by atoms with Crippen molar-refractivity contribution in [1.82, 2.24) is 0 Å². The van der Waals surface area contributed by atoms with E-state index in [4.69, 9.17) is 0 Å². The molecule has 0 aromatic rings. The van der Waals surface area contributed by atoms with Crippen molar-refractivity contribution in [3.63, 3.8) is 0 Å². The molecule has 0 amide bonds. The summed E-state index contributed by atoms with van der Waals surface area (Å²) in [7, 11) is 0. The maximum absolute atomic E-state index is 10.3. The van der Waals surface area contributed by atoms with Gasteiger partial charge in [0.15, 0.2) is 0 Å². The number of hydrogen-bond acceptors (Lipinski definition) is 1. The van der Waals surface area contributed by atoms with Crippen LogP contribution in [0.4, 0.5) is 0 Å². The third-order valence-corrected chi connectivity index (χ3v) is 3.51. The van der Waals surface area contributed by atoms with Crippen molar-refractivity contribution in [2.75, 3.05) is 0 Å². The number of rotatable bonds is 3. The van der Waals surface area contributed by atoms with Gasteiger partial charge in [-0.3, -0.25) is 0 Å². The Morgan fingerprint density at radius 3 is 2.69 bits per heavy atom. The van der Waals surface area contributed by atoms with E-state index >= 15 is 0 Å². The molecule has 1 N–H and O–H groups in total. The average Bonchev–Trinajstić information content (AvgIpc) is 2.18. The molecule has 0 aliphatic heterocycles. The van der Waals surface area contributed by atoms with Crippen LogP contribution >= 0.6 is 0 Å². The lowest BCUT2D eigenvalue weighted by Gasteiger charge is -2.34. The van der Waals surface area contributed by atoms with Crippen LogP contribution in [0.15, 0.2) is 11.6 Å². The number of hydrogen-bond donors (Lipinski definition) is 1. The Labute approximate surface area is 81.9 Å². The minimum atomic E-state index is -0.560. The van der Waals surface area contributed by atoms with Crippen LogP contribution in [-0.2, 0) is 0 Å². The van der Waals surface area contributed by atoms with Crippen LogP contribution in [0.3, 0.4) is 0 Å². The van der Waals surface area contributed by atoms with E-state index in [0.717, 1.165) is 19.3 Å². The Kier molecular flexibility index (Phi) is 3.55. The third-order valence-electron chi connectivity index (χ3n) is 3.51. The Balaban J connectivity index is 2.72. The molecule has 2 atom stereocenters. The molecular formula is C12H22O. The van der Waals surface area contributed by atoms with Gasteiger partial charge in [0, 0.05) is 0 Å². The van der Waals surface area contributed by atoms with Crippen LogP contribution in [0.25, 0.3) is 0 Å². The van der Waals surface area contributed by atoms with Crippen molar-refractivity contribution < 1.29 is 5.11 Å². The molecule has 0 aromatic carbocycles. The normalized spacial score (nSPS) is 24.8. The second-order valence-electron chi connectivity index (χ2n) is 4.43. The van der Waals surface area contributed by atoms with E-state index in [1.807, 2.05) is 6.92 Å². The highest BCUT2D eigenvalue weighted by Crippen LogP contribution is 2.33. The minimum Gasteiger partial charge on any atom is -0.386 e. The number of aliphatic hydroxyl groups is 1. The molecule has 1 aliphatic carbocycles. The maximum Gasteiger partial charge on any atom is 0.0854 e. The lowest BCUT2D eigenvalue weighted by atomic mass is 9.78. The van der Waals surface area contributed by atoms with Crippen molar-refractivity contribution in [3.05, 3.63) is 11.6 Å². The highest BCUT2D eigenvalue weighted by Gasteiger charge is 2.31. The van der Waals surface area contributed by atoms with Crippen LogP contribution < -0.4 is 0 Å². The summed E-state index contributed by atoms with van der Waals surface area (Å²) >= 11 is 0. The summed E-state index contributed by atoms with van der Waals surface area (Å²) in [6.07, 6.45) is 8.08. The Hall–Kier alpha value is -0.300. The molecule has 0 saturated carbocycles. The minimum absolute atomic E-state index is 0.372. The smallest absolute Gasteiger partial charge is 0.0854 e. The van der Waals surface area contributed by atoms with Gasteiger partial charge < -0.3 is 5.11 Å². The zero-order chi connectivity index (χ0) is 9.90. The first kappa shape index (κ1) is 10.8. The van der Waals surface area contributed by atoms with Crippen molar-refractivity contribution >= 4 is 0 Å². The molecule has 1 aliphatic rings. The molecule has 0 bridgehead atoms. The Morgan fingerprint density at radius 1 is 1.54 bits per heavy atom. The summed E-state index contributed by atoms with van der Waals surface area (Å²) in [5, 5.41) is 10.3. The van der Waals surface area contributed by atoms with E-state index in [1.54, 1.807) is 0 Å². The van der Waals surface area contributed by atoms with Gasteiger partial charge in [0.2, 0.25) is 0 Å². The molecule has 0 spiro atoms. The summed E-state index contributed by atoms with van der Waals surface area (Å²) in [5.74, 6) is 0.372. The SMILES string of the molecule is CCC(C)C(C)(O)C1=CCCCC1. The first-order valence-electron chi connectivity index (χ1n) is 5.51. The van der Waals surface area contributed by atoms with Crippen molar-refractivity contribution in [1.29, 1.82) is 0 Å². The van der Waals surface area contributed by atoms with Gasteiger partial charge in [0.25, 0.3) is 0 Å². The van der Waals surface area contributed by atoms with E-state index in [9.17, 15) is 5.11 Å². The van der Waals surface area contributed by atoms with Gasteiger partial charge in [-0.15, -0.1) is 0 Å². The molecule has 13 heavy (non-hydrogen) atoms. The molecule has 0 aromatic heterocycles. The van der Waals surface area contributed by atoms with Crippen molar-refractivity contribution in [2.45, 2.75) is 58.5 Å². The monoisotopic (exact) mass is 182 g/mol. The highest BCUT2D eigenvalue weighted by atomic mass is 16.3. The van der Waals surface area contributed by atoms with Crippen molar-refractivity contribution in [3.8, 4) is 0 Å². The van der Waals surface area contributed by atoms with Gasteiger partial charge >= 0.3 is 0 Å². The lowest BCUT2D eigenvalue weighted by molar-refractivity contribution is 0.0360. The van der Waals surface area contributed by atoms with Gasteiger partial charge in [-0.05, 0) is 44.1 Å². The standard InChI is InChI=1S/C12H22O/c1-4-10(2)12(3,13)11-8-6-5-7-9-11/h8,10,13H,4-7,9H2,1-3H3. The van der Waals surface area contributed by atoms with Crippen LogP contribution in [0, 0.1) is 5.92 Å². The van der Waals surface area contributed by atoms with Crippen LogP contribution in [0.1, 0.15) is 52.9 Å². The summed E-state index contributed by atoms with van der Waals surface area (Å²) in [4.78, 5) is 0. The molecule has 0 heterocycles. The zero-order valence-corrected chi connectivity index (χ0v) is 9.14. The molecule has 0 saturated heterocycles. The van der Waals surface area contributed by atoms with Gasteiger partial charge in [0.1, 0.15) is 0 Å². The molecule has 0 radical (unpaired) electrons. The summed E-state index contributed by atoms with van der Waals surface area (Å²) in [6.45, 7) is 6.25. The van der Waals surface area contributed by atoms with Crippen molar-refractivity contribution in [2.24, 2.45) is 5.92 Å². The third kappa shape index (κ3) is 2.34. The topological polar surface area (TPSA) is 20.2 Å². The summed E-state index contributed by atoms with van der Waals surface area (Å²) < 4.78 is 0. The predicted octanol–water partition coefficient (Wildman–Crippen LogP) is 3.28. The summed E-state index contributed by atoms with van der Waals surface area (Å²) in [6, 6.07) is 0. The molecule has 76 valence electrons. The van der Waals surface area contributed by atoms with E-state index in [1.165, 1.54) is 18.4 Å². The van der Waals surface area contributed by atoms with Crippen LogP contribution in [-0.4, -0.2) is 10.7 Å². The highest BCUT2D eigenvalue weighted by molar-refractivity contribution is 5.18. The fourth-order valence-corrected chi connectivity index (χ4v) is 2.01. The van der Waals surface area contributed by atoms with Gasteiger partial charge in [-0.2, -0.15) is 0 Å². The lowest BCUT2D eigenvalue weighted by Crippen LogP contribution is -2.35. The fraction of sp³-hybridized carbons (Fsp3) is 0.833. The quantitative estimate of drug-likeness (QED) is 0.664. The molecular weight excluding hydrogens is 160 g/mol. The van der Waals surface area contributed by atoms with E-state index in [2.05, 4.69) is 19.9 Å². The average molecular weight is 182 g/mol. The zero-order valence-electron chi connectivity index (χ0n) is 9.14. The largest absolute Gasteiger partial charge is 0.386 e. The van der Waals surface area contributed by atoms with E-state index in [-0.39, 0.29) is 0 Å². The molecule has 1 nitrogen and oxygen atoms in total. The molecule has 1 rings (SSSR count).